The molecule has 0 aromatic carbocycles. The summed E-state index contributed by atoms with van der Waals surface area (Å²) in [4.78, 5) is 18.9. The van der Waals surface area contributed by atoms with Crippen LogP contribution in [0.3, 0.4) is 0 Å². The maximum atomic E-state index is 12.8. The third kappa shape index (κ3) is 1.73. The maximum Gasteiger partial charge on any atom is 0.273 e. The van der Waals surface area contributed by atoms with Crippen molar-refractivity contribution in [2.45, 2.75) is 24.6 Å². The molecule has 2 fully saturated rings. The first-order chi connectivity index (χ1) is 9.97. The zero-order valence-corrected chi connectivity index (χ0v) is 12.4. The summed E-state index contributed by atoms with van der Waals surface area (Å²) in [5, 5.41) is -0.383. The molecule has 7 heteroatoms. The predicted octanol–water partition coefficient (Wildman–Crippen LogP) is 0.654. The zero-order valence-electron chi connectivity index (χ0n) is 11.6. The van der Waals surface area contributed by atoms with E-state index in [0.29, 0.717) is 24.4 Å². The summed E-state index contributed by atoms with van der Waals surface area (Å²) in [6.07, 6.45) is 2.39. The Morgan fingerprint density at radius 1 is 1.38 bits per heavy atom. The van der Waals surface area contributed by atoms with Crippen molar-refractivity contribution < 1.29 is 13.2 Å². The number of rotatable bonds is 1. The standard InChI is InChI=1S/C14H15N3O3S/c1-9-13(16-5-3-2-4-12(16)15-9)14(18)17-7-11-6-10(17)8-21(11,19)20/h2-5,10-11H,6-8H2,1H3. The van der Waals surface area contributed by atoms with Crippen LogP contribution in [0.1, 0.15) is 22.6 Å². The lowest BCUT2D eigenvalue weighted by Gasteiger charge is -2.26. The van der Waals surface area contributed by atoms with Gasteiger partial charge in [-0.1, -0.05) is 6.07 Å². The van der Waals surface area contributed by atoms with Crippen molar-refractivity contribution in [3.63, 3.8) is 0 Å². The normalized spacial score (nSPS) is 26.6. The maximum absolute atomic E-state index is 12.8. The van der Waals surface area contributed by atoms with Crippen molar-refractivity contribution in [1.82, 2.24) is 14.3 Å². The van der Waals surface area contributed by atoms with E-state index in [1.54, 1.807) is 9.30 Å². The van der Waals surface area contributed by atoms with E-state index in [4.69, 9.17) is 0 Å². The monoisotopic (exact) mass is 305 g/mol. The van der Waals surface area contributed by atoms with Gasteiger partial charge >= 0.3 is 0 Å². The second-order valence-electron chi connectivity index (χ2n) is 5.77. The molecule has 1 amide bonds. The van der Waals surface area contributed by atoms with E-state index < -0.39 is 9.84 Å². The number of imidazole rings is 1. The van der Waals surface area contributed by atoms with E-state index in [1.165, 1.54) is 0 Å². The van der Waals surface area contributed by atoms with E-state index in [2.05, 4.69) is 4.98 Å². The van der Waals surface area contributed by atoms with Gasteiger partial charge in [0.15, 0.2) is 9.84 Å². The SMILES string of the molecule is Cc1nc2ccccn2c1C(=O)N1CC2CC1CS2(=O)=O. The number of hydrogen-bond donors (Lipinski definition) is 0. The molecule has 2 atom stereocenters. The van der Waals surface area contributed by atoms with Crippen molar-refractivity contribution in [2.75, 3.05) is 12.3 Å². The van der Waals surface area contributed by atoms with Gasteiger partial charge in [-0.3, -0.25) is 9.20 Å². The molecule has 2 aliphatic heterocycles. The number of fused-ring (bicyclic) bond motifs is 3. The Kier molecular flexibility index (Phi) is 2.48. The molecular weight excluding hydrogens is 290 g/mol. The Labute approximate surface area is 122 Å². The van der Waals surface area contributed by atoms with Crippen LogP contribution < -0.4 is 0 Å². The Morgan fingerprint density at radius 3 is 2.86 bits per heavy atom. The van der Waals surface area contributed by atoms with Crippen LogP contribution in [0.25, 0.3) is 5.65 Å². The summed E-state index contributed by atoms with van der Waals surface area (Å²) in [7, 11) is -2.99. The molecule has 110 valence electrons. The van der Waals surface area contributed by atoms with Gasteiger partial charge in [0.25, 0.3) is 5.91 Å². The molecule has 0 saturated carbocycles. The highest BCUT2D eigenvalue weighted by molar-refractivity contribution is 7.92. The third-order valence-corrected chi connectivity index (χ3v) is 6.68. The molecule has 4 heterocycles. The number of amides is 1. The molecule has 0 radical (unpaired) electrons. The van der Waals surface area contributed by atoms with Crippen LogP contribution in [0.2, 0.25) is 0 Å². The molecule has 2 aromatic rings. The van der Waals surface area contributed by atoms with Crippen LogP contribution >= 0.6 is 0 Å². The zero-order chi connectivity index (χ0) is 14.8. The van der Waals surface area contributed by atoms with E-state index in [1.807, 2.05) is 31.3 Å². The van der Waals surface area contributed by atoms with E-state index in [0.717, 1.165) is 5.65 Å². The van der Waals surface area contributed by atoms with Gasteiger partial charge in [-0.15, -0.1) is 0 Å². The second kappa shape index (κ2) is 4.07. The number of sulfone groups is 1. The summed E-state index contributed by atoms with van der Waals surface area (Å²) in [5.74, 6) is -0.0206. The fourth-order valence-corrected chi connectivity index (χ4v) is 5.48. The number of pyridine rings is 1. The number of hydrogen-bond acceptors (Lipinski definition) is 4. The topological polar surface area (TPSA) is 71.8 Å². The highest BCUT2D eigenvalue weighted by Gasteiger charge is 2.50. The molecule has 2 bridgehead atoms. The summed E-state index contributed by atoms with van der Waals surface area (Å²) in [6, 6.07) is 5.40. The lowest BCUT2D eigenvalue weighted by molar-refractivity contribution is 0.0738. The number of nitrogens with zero attached hydrogens (tertiary/aromatic N) is 3. The minimum Gasteiger partial charge on any atom is -0.332 e. The van der Waals surface area contributed by atoms with E-state index in [-0.39, 0.29) is 23.0 Å². The van der Waals surface area contributed by atoms with Crippen molar-refractivity contribution >= 4 is 21.4 Å². The van der Waals surface area contributed by atoms with Crippen molar-refractivity contribution in [3.8, 4) is 0 Å². The third-order valence-electron chi connectivity index (χ3n) is 4.48. The molecule has 4 rings (SSSR count). The average molecular weight is 305 g/mol. The first kappa shape index (κ1) is 12.8. The van der Waals surface area contributed by atoms with Crippen molar-refractivity contribution in [1.29, 1.82) is 0 Å². The lowest BCUT2D eigenvalue weighted by atomic mass is 10.2. The van der Waals surface area contributed by atoms with Crippen molar-refractivity contribution in [3.05, 3.63) is 35.8 Å². The molecular formula is C14H15N3O3S. The number of carbonyl (C=O) groups excluding carboxylic acids is 1. The van der Waals surface area contributed by atoms with Crippen molar-refractivity contribution in [2.24, 2.45) is 0 Å². The average Bonchev–Trinajstić information content (AvgIpc) is 3.05. The molecule has 2 aromatic heterocycles. The number of carbonyl (C=O) groups is 1. The van der Waals surface area contributed by atoms with Gasteiger partial charge in [0, 0.05) is 18.8 Å². The lowest BCUT2D eigenvalue weighted by Crippen LogP contribution is -2.44. The van der Waals surface area contributed by atoms with Crippen LogP contribution in [-0.2, 0) is 9.84 Å². The molecule has 2 aliphatic rings. The Hall–Kier alpha value is -1.89. The number of aryl methyl sites for hydroxylation is 1. The van der Waals surface area contributed by atoms with Gasteiger partial charge in [0.2, 0.25) is 0 Å². The van der Waals surface area contributed by atoms with Gasteiger partial charge in [-0.2, -0.15) is 0 Å². The summed E-state index contributed by atoms with van der Waals surface area (Å²) in [6.45, 7) is 2.12. The smallest absolute Gasteiger partial charge is 0.273 e. The van der Waals surface area contributed by atoms with E-state index in [9.17, 15) is 13.2 Å². The molecule has 0 spiro atoms. The largest absolute Gasteiger partial charge is 0.332 e. The van der Waals surface area contributed by atoms with Gasteiger partial charge in [0.05, 0.1) is 16.7 Å². The minimum atomic E-state index is -2.99. The number of likely N-dealkylation sites (tertiary alicyclic amines) is 1. The minimum absolute atomic E-state index is 0.0964. The molecule has 0 aliphatic carbocycles. The molecule has 2 saturated heterocycles. The number of aromatic nitrogens is 2. The summed E-state index contributed by atoms with van der Waals surface area (Å²) >= 11 is 0. The summed E-state index contributed by atoms with van der Waals surface area (Å²) in [5.41, 5.74) is 1.95. The Bertz CT molecular complexity index is 855. The van der Waals surface area contributed by atoms with Gasteiger partial charge in [0.1, 0.15) is 11.3 Å². The fourth-order valence-electron chi connectivity index (χ4n) is 3.45. The molecule has 21 heavy (non-hydrogen) atoms. The highest BCUT2D eigenvalue weighted by atomic mass is 32.2. The first-order valence-electron chi connectivity index (χ1n) is 6.93. The predicted molar refractivity (Wildman–Crippen MR) is 76.9 cm³/mol. The summed E-state index contributed by atoms with van der Waals surface area (Å²) < 4.78 is 25.4. The van der Waals surface area contributed by atoms with Gasteiger partial charge in [-0.05, 0) is 25.5 Å². The van der Waals surface area contributed by atoms with E-state index >= 15 is 0 Å². The first-order valence-corrected chi connectivity index (χ1v) is 8.65. The quantitative estimate of drug-likeness (QED) is 0.776. The molecule has 6 nitrogen and oxygen atoms in total. The molecule has 2 unspecified atom stereocenters. The second-order valence-corrected chi connectivity index (χ2v) is 8.10. The van der Waals surface area contributed by atoms with Crippen LogP contribution in [0.5, 0.6) is 0 Å². The van der Waals surface area contributed by atoms with Crippen LogP contribution in [-0.4, -0.2) is 52.2 Å². The Balaban J connectivity index is 1.74. The van der Waals surface area contributed by atoms with Gasteiger partial charge in [-0.25, -0.2) is 13.4 Å². The highest BCUT2D eigenvalue weighted by Crippen LogP contribution is 2.34. The molecule has 0 N–H and O–H groups in total. The Morgan fingerprint density at radius 2 is 2.19 bits per heavy atom. The van der Waals surface area contributed by atoms with Crippen LogP contribution in [0.15, 0.2) is 24.4 Å². The van der Waals surface area contributed by atoms with Crippen LogP contribution in [0, 0.1) is 6.92 Å². The van der Waals surface area contributed by atoms with Gasteiger partial charge < -0.3 is 4.90 Å². The van der Waals surface area contributed by atoms with Crippen LogP contribution in [0.4, 0.5) is 0 Å². The fraction of sp³-hybridized carbons (Fsp3) is 0.429.